The third-order valence-corrected chi connectivity index (χ3v) is 6.31. The lowest BCUT2D eigenvalue weighted by Gasteiger charge is -2.57. The van der Waals surface area contributed by atoms with Gasteiger partial charge in [-0.15, -0.1) is 0 Å². The molecule has 0 spiro atoms. The first kappa shape index (κ1) is 18.2. The van der Waals surface area contributed by atoms with E-state index in [1.54, 1.807) is 0 Å². The number of likely N-dealkylation sites (tertiary alicyclic amines) is 2. The summed E-state index contributed by atoms with van der Waals surface area (Å²) in [5.41, 5.74) is 3.61. The monoisotopic (exact) mass is 412 g/mol. The predicted molar refractivity (Wildman–Crippen MR) is 112 cm³/mol. The van der Waals surface area contributed by atoms with Crippen molar-refractivity contribution in [2.75, 3.05) is 26.2 Å². The van der Waals surface area contributed by atoms with E-state index in [4.69, 9.17) is 0 Å². The summed E-state index contributed by atoms with van der Waals surface area (Å²) in [5, 5.41) is 0. The molecule has 2 aliphatic heterocycles. The van der Waals surface area contributed by atoms with Crippen molar-refractivity contribution in [3.05, 3.63) is 70.2 Å². The molecule has 2 aromatic rings. The van der Waals surface area contributed by atoms with Crippen molar-refractivity contribution in [3.63, 3.8) is 0 Å². The molecule has 0 aromatic heterocycles. The maximum Gasteiger partial charge on any atom is 0.0234 e. The van der Waals surface area contributed by atoms with E-state index in [1.165, 1.54) is 48.2 Å². The minimum Gasteiger partial charge on any atom is -0.298 e. The molecule has 4 rings (SSSR count). The molecule has 0 amide bonds. The highest BCUT2D eigenvalue weighted by atomic mass is 79.9. The van der Waals surface area contributed by atoms with Crippen LogP contribution in [0.25, 0.3) is 0 Å². The average molecular weight is 413 g/mol. The normalized spacial score (nSPS) is 29.7. The molecule has 2 saturated heterocycles. The maximum absolute atomic E-state index is 3.61. The van der Waals surface area contributed by atoms with Gasteiger partial charge in [0.2, 0.25) is 0 Å². The lowest BCUT2D eigenvalue weighted by atomic mass is 9.65. The Labute approximate surface area is 166 Å². The number of fused-ring (bicyclic) bond motifs is 2. The molecule has 0 radical (unpaired) electrons. The zero-order valence-corrected chi connectivity index (χ0v) is 17.5. The Morgan fingerprint density at radius 2 is 1.31 bits per heavy atom. The van der Waals surface area contributed by atoms with Gasteiger partial charge in [0.1, 0.15) is 0 Å². The molecule has 2 nitrogen and oxygen atoms in total. The summed E-state index contributed by atoms with van der Waals surface area (Å²) in [7, 11) is 0. The summed E-state index contributed by atoms with van der Waals surface area (Å²) in [4.78, 5) is 5.38. The molecule has 2 atom stereocenters. The molecular weight excluding hydrogens is 384 g/mol. The molecule has 2 fully saturated rings. The fourth-order valence-corrected chi connectivity index (χ4v) is 6.03. The Morgan fingerprint density at radius 1 is 0.769 bits per heavy atom. The van der Waals surface area contributed by atoms with E-state index in [0.29, 0.717) is 10.8 Å². The average Bonchev–Trinajstić information content (AvgIpc) is 2.53. The van der Waals surface area contributed by atoms with Crippen molar-refractivity contribution >= 4 is 15.9 Å². The molecule has 0 N–H and O–H groups in total. The fourth-order valence-electron chi connectivity index (χ4n) is 5.58. The number of rotatable bonds is 4. The molecule has 0 aliphatic carbocycles. The second-order valence-corrected chi connectivity index (χ2v) is 10.1. The molecule has 3 heteroatoms. The Hall–Kier alpha value is -1.16. The predicted octanol–water partition coefficient (Wildman–Crippen LogP) is 5.18. The standard InChI is InChI=1S/C23H29BrN2/c1-22-14-23(2,16-25(15-22)12-19-7-4-3-5-8-19)18-26(17-22)13-20-9-6-10-21(24)11-20/h3-11H,12-18H2,1-2H3/t22-,23-/m1/s1. The zero-order chi connectivity index (χ0) is 18.2. The molecule has 2 aromatic carbocycles. The molecule has 2 aliphatic rings. The number of piperidine rings is 2. The van der Waals surface area contributed by atoms with Gasteiger partial charge in [0.05, 0.1) is 0 Å². The molecule has 2 bridgehead atoms. The van der Waals surface area contributed by atoms with E-state index in [2.05, 4.69) is 94.2 Å². The molecule has 0 unspecified atom stereocenters. The van der Waals surface area contributed by atoms with E-state index in [0.717, 1.165) is 13.1 Å². The molecule has 26 heavy (non-hydrogen) atoms. The van der Waals surface area contributed by atoms with Crippen LogP contribution >= 0.6 is 15.9 Å². The van der Waals surface area contributed by atoms with Gasteiger partial charge in [-0.3, -0.25) is 9.80 Å². The van der Waals surface area contributed by atoms with Gasteiger partial charge < -0.3 is 0 Å². The van der Waals surface area contributed by atoms with Crippen molar-refractivity contribution < 1.29 is 0 Å². The van der Waals surface area contributed by atoms with Crippen LogP contribution in [0.15, 0.2) is 59.1 Å². The highest BCUT2D eigenvalue weighted by Crippen LogP contribution is 2.46. The Balaban J connectivity index is 1.47. The van der Waals surface area contributed by atoms with Crippen LogP contribution in [0, 0.1) is 10.8 Å². The van der Waals surface area contributed by atoms with Crippen LogP contribution in [0.5, 0.6) is 0 Å². The lowest BCUT2D eigenvalue weighted by Crippen LogP contribution is -2.61. The third-order valence-electron chi connectivity index (χ3n) is 5.82. The quantitative estimate of drug-likeness (QED) is 0.681. The summed E-state index contributed by atoms with van der Waals surface area (Å²) in [6.07, 6.45) is 1.35. The van der Waals surface area contributed by atoms with Gasteiger partial charge in [0.15, 0.2) is 0 Å². The summed E-state index contributed by atoms with van der Waals surface area (Å²) in [6, 6.07) is 19.7. The molecular formula is C23H29BrN2. The van der Waals surface area contributed by atoms with Crippen LogP contribution in [-0.4, -0.2) is 36.0 Å². The lowest BCUT2D eigenvalue weighted by molar-refractivity contribution is -0.0791. The number of benzene rings is 2. The fraction of sp³-hybridized carbons (Fsp3) is 0.478. The number of hydrogen-bond acceptors (Lipinski definition) is 2. The van der Waals surface area contributed by atoms with Gasteiger partial charge in [-0.25, -0.2) is 0 Å². The molecule has 0 saturated carbocycles. The van der Waals surface area contributed by atoms with Crippen LogP contribution in [0.4, 0.5) is 0 Å². The van der Waals surface area contributed by atoms with Crippen LogP contribution in [0.2, 0.25) is 0 Å². The third kappa shape index (κ3) is 4.21. The van der Waals surface area contributed by atoms with E-state index >= 15 is 0 Å². The second-order valence-electron chi connectivity index (χ2n) is 9.20. The first-order chi connectivity index (χ1) is 12.4. The maximum atomic E-state index is 3.61. The van der Waals surface area contributed by atoms with Crippen molar-refractivity contribution in [3.8, 4) is 0 Å². The minimum absolute atomic E-state index is 0.381. The first-order valence-electron chi connectivity index (χ1n) is 9.65. The van der Waals surface area contributed by atoms with Crippen LogP contribution in [-0.2, 0) is 13.1 Å². The van der Waals surface area contributed by atoms with Crippen molar-refractivity contribution in [1.29, 1.82) is 0 Å². The summed E-state index contributed by atoms with van der Waals surface area (Å²) >= 11 is 3.61. The summed E-state index contributed by atoms with van der Waals surface area (Å²) in [5.74, 6) is 0. The minimum atomic E-state index is 0.381. The highest BCUT2D eigenvalue weighted by molar-refractivity contribution is 9.10. The highest BCUT2D eigenvalue weighted by Gasteiger charge is 2.48. The van der Waals surface area contributed by atoms with Crippen molar-refractivity contribution in [2.45, 2.75) is 33.4 Å². The topological polar surface area (TPSA) is 6.48 Å². The van der Waals surface area contributed by atoms with Crippen LogP contribution in [0.1, 0.15) is 31.4 Å². The molecule has 2 heterocycles. The van der Waals surface area contributed by atoms with E-state index in [9.17, 15) is 0 Å². The van der Waals surface area contributed by atoms with Gasteiger partial charge in [-0.1, -0.05) is 72.2 Å². The number of halogens is 1. The SMILES string of the molecule is C[C@@]12CN(Cc3ccccc3)C[C@](C)(CN(Cc3cccc(Br)c3)C1)C2. The Morgan fingerprint density at radius 3 is 1.88 bits per heavy atom. The van der Waals surface area contributed by atoms with Gasteiger partial charge in [0, 0.05) is 43.7 Å². The van der Waals surface area contributed by atoms with E-state index < -0.39 is 0 Å². The summed E-state index contributed by atoms with van der Waals surface area (Å²) < 4.78 is 1.18. The van der Waals surface area contributed by atoms with Gasteiger partial charge >= 0.3 is 0 Å². The van der Waals surface area contributed by atoms with Crippen molar-refractivity contribution in [1.82, 2.24) is 9.80 Å². The second kappa shape index (κ2) is 7.10. The Kier molecular flexibility index (Phi) is 4.98. The van der Waals surface area contributed by atoms with Crippen LogP contribution < -0.4 is 0 Å². The van der Waals surface area contributed by atoms with E-state index in [-0.39, 0.29) is 0 Å². The zero-order valence-electron chi connectivity index (χ0n) is 15.9. The largest absolute Gasteiger partial charge is 0.298 e. The smallest absolute Gasteiger partial charge is 0.0234 e. The summed E-state index contributed by atoms with van der Waals surface area (Å²) in [6.45, 7) is 11.9. The van der Waals surface area contributed by atoms with Gasteiger partial charge in [-0.05, 0) is 40.5 Å². The van der Waals surface area contributed by atoms with Gasteiger partial charge in [0.25, 0.3) is 0 Å². The first-order valence-corrected chi connectivity index (χ1v) is 10.4. The van der Waals surface area contributed by atoms with Crippen LogP contribution in [0.3, 0.4) is 0 Å². The number of hydrogen-bond donors (Lipinski definition) is 0. The van der Waals surface area contributed by atoms with Crippen molar-refractivity contribution in [2.24, 2.45) is 10.8 Å². The van der Waals surface area contributed by atoms with E-state index in [1.807, 2.05) is 0 Å². The molecule has 138 valence electrons. The Bertz CT molecular complexity index is 742. The van der Waals surface area contributed by atoms with Gasteiger partial charge in [-0.2, -0.15) is 0 Å². The number of nitrogens with zero attached hydrogens (tertiary/aromatic N) is 2.